The lowest BCUT2D eigenvalue weighted by Gasteiger charge is -2.44. The van der Waals surface area contributed by atoms with Crippen LogP contribution in [-0.2, 0) is 26.6 Å². The largest absolute Gasteiger partial charge is 0.434 e. The first-order chi connectivity index (χ1) is 16.9. The van der Waals surface area contributed by atoms with Crippen LogP contribution < -0.4 is 10.6 Å². The minimum atomic E-state index is -1.72. The predicted molar refractivity (Wildman–Crippen MR) is 120 cm³/mol. The third kappa shape index (κ3) is 4.17. The summed E-state index contributed by atoms with van der Waals surface area (Å²) in [7, 11) is 0. The van der Waals surface area contributed by atoms with Crippen molar-refractivity contribution in [2.75, 3.05) is 13.1 Å². The van der Waals surface area contributed by atoms with Gasteiger partial charge in [-0.2, -0.15) is 0 Å². The van der Waals surface area contributed by atoms with Crippen molar-refractivity contribution in [3.63, 3.8) is 0 Å². The fraction of sp³-hybridized carbons (Fsp3) is 0.231. The van der Waals surface area contributed by atoms with Gasteiger partial charge in [0.05, 0.1) is 0 Å². The summed E-state index contributed by atoms with van der Waals surface area (Å²) in [6.45, 7) is 0.511. The van der Waals surface area contributed by atoms with Crippen LogP contribution in [0.2, 0.25) is 0 Å². The maximum atomic E-state index is 14.3. The molecule has 3 aromatic carbocycles. The zero-order valence-electron chi connectivity index (χ0n) is 18.5. The fourth-order valence-corrected chi connectivity index (χ4v) is 4.78. The lowest BCUT2D eigenvalue weighted by Crippen LogP contribution is -2.65. The summed E-state index contributed by atoms with van der Waals surface area (Å²) in [6.07, 6.45) is 0. The highest BCUT2D eigenvalue weighted by molar-refractivity contribution is 5.86. The van der Waals surface area contributed by atoms with Gasteiger partial charge in [-0.15, -0.1) is 0 Å². The molecule has 0 aromatic heterocycles. The van der Waals surface area contributed by atoms with Crippen LogP contribution in [0.15, 0.2) is 72.8 Å². The average Bonchev–Trinajstić information content (AvgIpc) is 3.17. The van der Waals surface area contributed by atoms with E-state index in [0.29, 0.717) is 5.56 Å². The third-order valence-electron chi connectivity index (χ3n) is 6.35. The molecule has 0 bridgehead atoms. The number of benzene rings is 3. The van der Waals surface area contributed by atoms with Crippen molar-refractivity contribution in [2.45, 2.75) is 24.4 Å². The molecule has 2 saturated heterocycles. The van der Waals surface area contributed by atoms with E-state index >= 15 is 0 Å². The zero-order chi connectivity index (χ0) is 24.6. The maximum Gasteiger partial charge on any atom is 0.327 e. The van der Waals surface area contributed by atoms with Gasteiger partial charge in [0, 0.05) is 30.8 Å². The summed E-state index contributed by atoms with van der Waals surface area (Å²) < 4.78 is 47.8. The Bertz CT molecular complexity index is 1220. The van der Waals surface area contributed by atoms with Gasteiger partial charge in [-0.05, 0) is 42.0 Å². The molecular weight excluding hydrogens is 459 g/mol. The standard InChI is InChI=1S/C26H22F3N3O3/c27-19-9-7-16(8-10-19)13-31-24(33)22-14-30-15-23-25(34)35-26(32(22)23,17-3-1-5-20(28)11-17)18-4-2-6-21(29)12-18/h1-12,22-23,30H,13-15H2,(H,31,33). The summed E-state index contributed by atoms with van der Waals surface area (Å²) in [5.41, 5.74) is -0.504. The van der Waals surface area contributed by atoms with Crippen molar-refractivity contribution in [3.8, 4) is 0 Å². The number of hydrogen-bond donors (Lipinski definition) is 2. The number of halogens is 3. The van der Waals surface area contributed by atoms with Crippen LogP contribution in [-0.4, -0.2) is 41.9 Å². The lowest BCUT2D eigenvalue weighted by molar-refractivity contribution is -0.153. The molecule has 2 aliphatic heterocycles. The fourth-order valence-electron chi connectivity index (χ4n) is 4.78. The minimum absolute atomic E-state index is 0.135. The third-order valence-corrected chi connectivity index (χ3v) is 6.35. The van der Waals surface area contributed by atoms with E-state index in [0.717, 1.165) is 0 Å². The zero-order valence-corrected chi connectivity index (χ0v) is 18.5. The molecule has 3 aromatic rings. The molecule has 35 heavy (non-hydrogen) atoms. The van der Waals surface area contributed by atoms with Gasteiger partial charge in [-0.25, -0.2) is 18.1 Å². The summed E-state index contributed by atoms with van der Waals surface area (Å²) in [6, 6.07) is 15.0. The van der Waals surface area contributed by atoms with E-state index in [1.54, 1.807) is 29.2 Å². The quantitative estimate of drug-likeness (QED) is 0.549. The average molecular weight is 481 g/mol. The van der Waals surface area contributed by atoms with Crippen molar-refractivity contribution >= 4 is 11.9 Å². The van der Waals surface area contributed by atoms with E-state index in [1.807, 2.05) is 0 Å². The van der Waals surface area contributed by atoms with Crippen molar-refractivity contribution in [1.82, 2.24) is 15.5 Å². The first kappa shape index (κ1) is 23.1. The summed E-state index contributed by atoms with van der Waals surface area (Å²) >= 11 is 0. The molecule has 0 aliphatic carbocycles. The number of cyclic esters (lactones) is 1. The van der Waals surface area contributed by atoms with Crippen LogP contribution in [0.3, 0.4) is 0 Å². The molecule has 2 fully saturated rings. The smallest absolute Gasteiger partial charge is 0.327 e. The first-order valence-electron chi connectivity index (χ1n) is 11.1. The van der Waals surface area contributed by atoms with Crippen LogP contribution in [0, 0.1) is 17.5 Å². The second kappa shape index (κ2) is 9.16. The number of carbonyl (C=O) groups excluding carboxylic acids is 2. The van der Waals surface area contributed by atoms with E-state index < -0.39 is 41.3 Å². The highest BCUT2D eigenvalue weighted by atomic mass is 19.1. The Hall–Kier alpha value is -3.69. The Kier molecular flexibility index (Phi) is 6.04. The number of ether oxygens (including phenoxy) is 1. The molecule has 5 rings (SSSR count). The number of hydrogen-bond acceptors (Lipinski definition) is 5. The van der Waals surface area contributed by atoms with Gasteiger partial charge in [0.1, 0.15) is 29.5 Å². The van der Waals surface area contributed by atoms with E-state index in [-0.39, 0.29) is 36.6 Å². The van der Waals surface area contributed by atoms with E-state index in [4.69, 9.17) is 4.74 Å². The number of nitrogens with zero attached hydrogens (tertiary/aromatic N) is 1. The number of amides is 1. The monoisotopic (exact) mass is 481 g/mol. The Labute approximate surface area is 199 Å². The van der Waals surface area contributed by atoms with Gasteiger partial charge in [-0.1, -0.05) is 36.4 Å². The van der Waals surface area contributed by atoms with Crippen LogP contribution in [0.1, 0.15) is 16.7 Å². The molecule has 9 heteroatoms. The predicted octanol–water partition coefficient (Wildman–Crippen LogP) is 2.82. The van der Waals surface area contributed by atoms with E-state index in [9.17, 15) is 22.8 Å². The summed E-state index contributed by atoms with van der Waals surface area (Å²) in [4.78, 5) is 28.0. The second-order valence-electron chi connectivity index (χ2n) is 8.53. The number of rotatable bonds is 5. The summed E-state index contributed by atoms with van der Waals surface area (Å²) in [5.74, 6) is -2.54. The molecule has 1 amide bonds. The molecule has 0 saturated carbocycles. The van der Waals surface area contributed by atoms with Crippen LogP contribution in [0.5, 0.6) is 0 Å². The number of nitrogens with one attached hydrogen (secondary N) is 2. The molecule has 2 heterocycles. The molecular formula is C26H22F3N3O3. The van der Waals surface area contributed by atoms with Gasteiger partial charge in [-0.3, -0.25) is 9.59 Å². The van der Waals surface area contributed by atoms with Crippen LogP contribution in [0.4, 0.5) is 13.2 Å². The van der Waals surface area contributed by atoms with Crippen LogP contribution in [0.25, 0.3) is 0 Å². The van der Waals surface area contributed by atoms with Crippen molar-refractivity contribution in [1.29, 1.82) is 0 Å². The molecule has 2 aliphatic rings. The summed E-state index contributed by atoms with van der Waals surface area (Å²) in [5, 5.41) is 5.91. The highest BCUT2D eigenvalue weighted by Crippen LogP contribution is 2.46. The molecule has 0 radical (unpaired) electrons. The van der Waals surface area contributed by atoms with Gasteiger partial charge < -0.3 is 15.4 Å². The lowest BCUT2D eigenvalue weighted by atomic mass is 9.89. The molecule has 6 nitrogen and oxygen atoms in total. The van der Waals surface area contributed by atoms with E-state index in [2.05, 4.69) is 10.6 Å². The Morgan fingerprint density at radius 1 is 0.943 bits per heavy atom. The minimum Gasteiger partial charge on any atom is -0.434 e. The van der Waals surface area contributed by atoms with Gasteiger partial charge in [0.25, 0.3) is 0 Å². The van der Waals surface area contributed by atoms with Crippen molar-refractivity contribution in [3.05, 3.63) is 107 Å². The molecule has 0 spiro atoms. The van der Waals surface area contributed by atoms with Crippen molar-refractivity contribution in [2.24, 2.45) is 0 Å². The first-order valence-corrected chi connectivity index (χ1v) is 11.1. The number of piperazine rings is 1. The Balaban J connectivity index is 1.57. The normalized spacial score (nSPS) is 21.3. The van der Waals surface area contributed by atoms with Gasteiger partial charge >= 0.3 is 5.97 Å². The molecule has 2 atom stereocenters. The Morgan fingerprint density at radius 3 is 2.17 bits per heavy atom. The number of esters is 1. The van der Waals surface area contributed by atoms with Crippen LogP contribution >= 0.6 is 0 Å². The SMILES string of the molecule is O=C(NCc1ccc(F)cc1)C1CNCC2C(=O)OC(c3cccc(F)c3)(c3cccc(F)c3)N12. The second-order valence-corrected chi connectivity index (χ2v) is 8.53. The molecule has 2 unspecified atom stereocenters. The maximum absolute atomic E-state index is 14.3. The van der Waals surface area contributed by atoms with Gasteiger partial charge in [0.15, 0.2) is 0 Å². The van der Waals surface area contributed by atoms with E-state index in [1.165, 1.54) is 48.5 Å². The molecule has 2 N–H and O–H groups in total. The molecule has 180 valence electrons. The highest BCUT2D eigenvalue weighted by Gasteiger charge is 2.60. The Morgan fingerprint density at radius 2 is 1.57 bits per heavy atom. The topological polar surface area (TPSA) is 70.7 Å². The number of fused-ring (bicyclic) bond motifs is 1. The van der Waals surface area contributed by atoms with Gasteiger partial charge in [0.2, 0.25) is 11.6 Å². The number of carbonyl (C=O) groups is 2. The van der Waals surface area contributed by atoms with Crippen molar-refractivity contribution < 1.29 is 27.5 Å².